The highest BCUT2D eigenvalue weighted by atomic mass is 32.2. The number of amidine groups is 1. The van der Waals surface area contributed by atoms with Gasteiger partial charge >= 0.3 is 5.97 Å². The molecular weight excluding hydrogens is 412 g/mol. The maximum absolute atomic E-state index is 12.9. The minimum absolute atomic E-state index is 0.207. The summed E-state index contributed by atoms with van der Waals surface area (Å²) in [5, 5.41) is 0.932. The highest BCUT2D eigenvalue weighted by Crippen LogP contribution is 2.44. The normalized spacial score (nSPS) is 19.7. The van der Waals surface area contributed by atoms with E-state index in [0.717, 1.165) is 22.0 Å². The van der Waals surface area contributed by atoms with Crippen LogP contribution in [0.1, 0.15) is 31.0 Å². The first kappa shape index (κ1) is 20.8. The summed E-state index contributed by atoms with van der Waals surface area (Å²) in [4.78, 5) is 22.3. The number of esters is 1. The fourth-order valence-corrected chi connectivity index (χ4v) is 5.21. The summed E-state index contributed by atoms with van der Waals surface area (Å²) in [5.74, 6) is -0.290. The van der Waals surface area contributed by atoms with Gasteiger partial charge in [0, 0.05) is 9.80 Å². The van der Waals surface area contributed by atoms with Gasteiger partial charge in [0.1, 0.15) is 0 Å². The average molecular weight is 437 g/mol. The van der Waals surface area contributed by atoms with Gasteiger partial charge in [-0.1, -0.05) is 54.2 Å². The fourth-order valence-electron chi connectivity index (χ4n) is 3.70. The molecule has 1 unspecified atom stereocenters. The SMILES string of the molecule is CCOC(=O)C1=C(C)N=C2S/C(=C\c3ccccc3)CN2C1c1ccc(SC)cc1. The molecule has 4 nitrogen and oxygen atoms in total. The molecule has 0 aromatic heterocycles. The molecule has 1 fully saturated rings. The van der Waals surface area contributed by atoms with Gasteiger partial charge in [-0.2, -0.15) is 0 Å². The fraction of sp³-hybridized carbons (Fsp3) is 0.250. The van der Waals surface area contributed by atoms with E-state index in [0.29, 0.717) is 18.7 Å². The Bertz CT molecular complexity index is 1030. The topological polar surface area (TPSA) is 41.9 Å². The van der Waals surface area contributed by atoms with E-state index in [-0.39, 0.29) is 12.0 Å². The first-order chi connectivity index (χ1) is 14.6. The van der Waals surface area contributed by atoms with Gasteiger partial charge in [0.25, 0.3) is 0 Å². The maximum atomic E-state index is 12.9. The van der Waals surface area contributed by atoms with Gasteiger partial charge in [-0.3, -0.25) is 0 Å². The molecule has 0 N–H and O–H groups in total. The molecule has 0 aliphatic carbocycles. The number of fused-ring (bicyclic) bond motifs is 1. The van der Waals surface area contributed by atoms with Gasteiger partial charge in [-0.05, 0) is 49.4 Å². The van der Waals surface area contributed by atoms with Gasteiger partial charge < -0.3 is 9.64 Å². The van der Waals surface area contributed by atoms with Crippen LogP contribution in [-0.4, -0.2) is 35.4 Å². The van der Waals surface area contributed by atoms with Crippen molar-refractivity contribution < 1.29 is 9.53 Å². The van der Waals surface area contributed by atoms with Crippen LogP contribution in [0.4, 0.5) is 0 Å². The monoisotopic (exact) mass is 436 g/mol. The molecule has 2 aliphatic rings. The second-order valence-electron chi connectivity index (χ2n) is 7.04. The first-order valence-electron chi connectivity index (χ1n) is 9.91. The molecule has 0 radical (unpaired) electrons. The molecule has 154 valence electrons. The van der Waals surface area contributed by atoms with Crippen molar-refractivity contribution in [2.45, 2.75) is 24.8 Å². The number of carbonyl (C=O) groups excluding carboxylic acids is 1. The standard InChI is InChI=1S/C24H24N2O2S2/c1-4-28-23(27)21-16(2)25-24-26(22(21)18-10-12-19(29-3)13-11-18)15-20(30-24)14-17-8-6-5-7-9-17/h5-14,22H,4,15H2,1-3H3/b20-14-. The third-order valence-electron chi connectivity index (χ3n) is 5.09. The number of hydrogen-bond donors (Lipinski definition) is 0. The van der Waals surface area contributed by atoms with Crippen LogP contribution in [0.25, 0.3) is 6.08 Å². The second-order valence-corrected chi connectivity index (χ2v) is 9.01. The lowest BCUT2D eigenvalue weighted by atomic mass is 9.94. The van der Waals surface area contributed by atoms with Crippen molar-refractivity contribution >= 4 is 40.7 Å². The zero-order valence-electron chi connectivity index (χ0n) is 17.3. The van der Waals surface area contributed by atoms with E-state index in [4.69, 9.17) is 9.73 Å². The average Bonchev–Trinajstić information content (AvgIpc) is 3.15. The summed E-state index contributed by atoms with van der Waals surface area (Å²) < 4.78 is 5.40. The third-order valence-corrected chi connectivity index (χ3v) is 6.85. The molecule has 0 spiro atoms. The Morgan fingerprint density at radius 2 is 1.97 bits per heavy atom. The number of aliphatic imine (C=N–C) groups is 1. The van der Waals surface area contributed by atoms with E-state index in [1.807, 2.05) is 32.0 Å². The number of rotatable bonds is 5. The van der Waals surface area contributed by atoms with Crippen molar-refractivity contribution in [1.82, 2.24) is 4.90 Å². The van der Waals surface area contributed by atoms with E-state index in [2.05, 4.69) is 53.6 Å². The summed E-state index contributed by atoms with van der Waals surface area (Å²) >= 11 is 3.38. The third kappa shape index (κ3) is 4.20. The number of hydrogen-bond acceptors (Lipinski definition) is 6. The minimum Gasteiger partial charge on any atom is -0.463 e. The van der Waals surface area contributed by atoms with Crippen LogP contribution in [0.15, 0.2) is 80.7 Å². The summed E-state index contributed by atoms with van der Waals surface area (Å²) in [6, 6.07) is 18.5. The minimum atomic E-state index is -0.290. The Morgan fingerprint density at radius 1 is 1.23 bits per heavy atom. The Morgan fingerprint density at radius 3 is 2.63 bits per heavy atom. The molecular formula is C24H24N2O2S2. The van der Waals surface area contributed by atoms with Gasteiger partial charge in [-0.25, -0.2) is 9.79 Å². The highest BCUT2D eigenvalue weighted by molar-refractivity contribution is 8.17. The van der Waals surface area contributed by atoms with Gasteiger partial charge in [0.05, 0.1) is 30.5 Å². The molecule has 1 saturated heterocycles. The molecule has 0 amide bonds. The molecule has 2 aromatic carbocycles. The lowest BCUT2D eigenvalue weighted by Gasteiger charge is -2.34. The number of allylic oxidation sites excluding steroid dienone is 1. The zero-order valence-corrected chi connectivity index (χ0v) is 18.9. The van der Waals surface area contributed by atoms with Crippen molar-refractivity contribution in [2.24, 2.45) is 4.99 Å². The Kier molecular flexibility index (Phi) is 6.35. The number of ether oxygens (including phenoxy) is 1. The molecule has 6 heteroatoms. The van der Waals surface area contributed by atoms with Crippen LogP contribution >= 0.6 is 23.5 Å². The van der Waals surface area contributed by atoms with Crippen LogP contribution in [0.5, 0.6) is 0 Å². The smallest absolute Gasteiger partial charge is 0.338 e. The zero-order chi connectivity index (χ0) is 21.1. The lowest BCUT2D eigenvalue weighted by molar-refractivity contribution is -0.139. The Labute approximate surface area is 186 Å². The largest absolute Gasteiger partial charge is 0.463 e. The molecule has 0 bridgehead atoms. The van der Waals surface area contributed by atoms with E-state index in [1.54, 1.807) is 23.5 Å². The van der Waals surface area contributed by atoms with Crippen LogP contribution < -0.4 is 0 Å². The van der Waals surface area contributed by atoms with Crippen LogP contribution in [0.2, 0.25) is 0 Å². The molecule has 30 heavy (non-hydrogen) atoms. The Hall–Kier alpha value is -2.44. The van der Waals surface area contributed by atoms with Crippen molar-refractivity contribution in [3.8, 4) is 0 Å². The number of carbonyl (C=O) groups is 1. The lowest BCUT2D eigenvalue weighted by Crippen LogP contribution is -2.36. The van der Waals surface area contributed by atoms with Crippen molar-refractivity contribution in [3.63, 3.8) is 0 Å². The van der Waals surface area contributed by atoms with Gasteiger partial charge in [0.15, 0.2) is 5.17 Å². The maximum Gasteiger partial charge on any atom is 0.338 e. The van der Waals surface area contributed by atoms with Gasteiger partial charge in [0.2, 0.25) is 0 Å². The molecule has 2 heterocycles. The summed E-state index contributed by atoms with van der Waals surface area (Å²) in [6.45, 7) is 4.79. The molecule has 4 rings (SSSR count). The summed E-state index contributed by atoms with van der Waals surface area (Å²) in [5.41, 5.74) is 3.59. The quantitative estimate of drug-likeness (QED) is 0.441. The van der Waals surface area contributed by atoms with Crippen LogP contribution in [0.3, 0.4) is 0 Å². The van der Waals surface area contributed by atoms with E-state index in [9.17, 15) is 4.79 Å². The van der Waals surface area contributed by atoms with E-state index < -0.39 is 0 Å². The van der Waals surface area contributed by atoms with Crippen LogP contribution in [-0.2, 0) is 9.53 Å². The van der Waals surface area contributed by atoms with Gasteiger partial charge in [-0.15, -0.1) is 11.8 Å². The van der Waals surface area contributed by atoms with Crippen molar-refractivity contribution in [1.29, 1.82) is 0 Å². The predicted octanol–water partition coefficient (Wildman–Crippen LogP) is 5.75. The molecule has 0 saturated carbocycles. The van der Waals surface area contributed by atoms with Crippen LogP contribution in [0, 0.1) is 0 Å². The highest BCUT2D eigenvalue weighted by Gasteiger charge is 2.40. The number of benzene rings is 2. The van der Waals surface area contributed by atoms with Crippen molar-refractivity contribution in [2.75, 3.05) is 19.4 Å². The van der Waals surface area contributed by atoms with E-state index in [1.165, 1.54) is 9.80 Å². The second kappa shape index (κ2) is 9.14. The first-order valence-corrected chi connectivity index (χ1v) is 12.0. The molecule has 2 aliphatic heterocycles. The number of thioether (sulfide) groups is 2. The Balaban J connectivity index is 1.73. The predicted molar refractivity (Wildman–Crippen MR) is 126 cm³/mol. The molecule has 2 aromatic rings. The van der Waals surface area contributed by atoms with E-state index >= 15 is 0 Å². The number of nitrogens with zero attached hydrogens (tertiary/aromatic N) is 2. The molecule has 1 atom stereocenters. The summed E-state index contributed by atoms with van der Waals surface area (Å²) in [7, 11) is 0. The summed E-state index contributed by atoms with van der Waals surface area (Å²) in [6.07, 6.45) is 4.25. The van der Waals surface area contributed by atoms with Crippen molar-refractivity contribution in [3.05, 3.63) is 81.9 Å².